The van der Waals surface area contributed by atoms with Crippen molar-refractivity contribution in [2.75, 3.05) is 13.0 Å². The molecular weight excluding hydrogens is 256 g/mol. The van der Waals surface area contributed by atoms with E-state index < -0.39 is 15.8 Å². The third-order valence-electron chi connectivity index (χ3n) is 2.90. The molecule has 5 nitrogen and oxygen atoms in total. The molecule has 0 amide bonds. The first-order valence-electron chi connectivity index (χ1n) is 5.54. The van der Waals surface area contributed by atoms with Gasteiger partial charge in [-0.25, -0.2) is 13.2 Å². The van der Waals surface area contributed by atoms with Crippen LogP contribution in [0, 0.1) is 0 Å². The summed E-state index contributed by atoms with van der Waals surface area (Å²) in [7, 11) is -2.18. The van der Waals surface area contributed by atoms with E-state index in [-0.39, 0.29) is 17.4 Å². The summed E-state index contributed by atoms with van der Waals surface area (Å²) in [5.41, 5.74) is 1.68. The van der Waals surface area contributed by atoms with Crippen LogP contribution in [0.4, 0.5) is 0 Å². The Balaban J connectivity index is 2.67. The summed E-state index contributed by atoms with van der Waals surface area (Å²) >= 11 is 0. The van der Waals surface area contributed by atoms with Gasteiger partial charge < -0.3 is 9.47 Å². The van der Waals surface area contributed by atoms with E-state index in [1.165, 1.54) is 13.2 Å². The van der Waals surface area contributed by atoms with E-state index in [0.29, 0.717) is 17.5 Å². The summed E-state index contributed by atoms with van der Waals surface area (Å²) in [6.45, 7) is 2.15. The first-order chi connectivity index (χ1) is 8.49. The van der Waals surface area contributed by atoms with E-state index >= 15 is 0 Å². The molecule has 0 unspecified atom stereocenters. The first kappa shape index (κ1) is 13.0. The summed E-state index contributed by atoms with van der Waals surface area (Å²) in [4.78, 5) is 11.8. The van der Waals surface area contributed by atoms with Crippen molar-refractivity contribution in [2.24, 2.45) is 0 Å². The molecule has 1 heterocycles. The largest absolute Gasteiger partial charge is 0.465 e. The van der Waals surface area contributed by atoms with Crippen molar-refractivity contribution in [1.29, 1.82) is 0 Å². The van der Waals surface area contributed by atoms with Gasteiger partial charge in [-0.15, -0.1) is 0 Å². The van der Waals surface area contributed by atoms with Crippen molar-refractivity contribution in [3.05, 3.63) is 28.8 Å². The Kier molecular flexibility index (Phi) is 3.41. The molecule has 0 saturated heterocycles. The second kappa shape index (κ2) is 4.70. The third-order valence-corrected chi connectivity index (χ3v) is 4.43. The van der Waals surface area contributed by atoms with Gasteiger partial charge in [0.25, 0.3) is 0 Å². The van der Waals surface area contributed by atoms with E-state index in [2.05, 4.69) is 4.74 Å². The number of benzene rings is 1. The topological polar surface area (TPSA) is 69.7 Å². The summed E-state index contributed by atoms with van der Waals surface area (Å²) in [5, 5.41) is 0. The van der Waals surface area contributed by atoms with E-state index in [1.54, 1.807) is 6.07 Å². The second-order valence-electron chi connectivity index (χ2n) is 4.04. The Bertz CT molecular complexity index is 589. The summed E-state index contributed by atoms with van der Waals surface area (Å²) in [6.07, 6.45) is 0.623. The normalized spacial score (nSPS) is 17.0. The number of esters is 1. The maximum Gasteiger partial charge on any atom is 0.338 e. The average molecular weight is 270 g/mol. The van der Waals surface area contributed by atoms with Crippen LogP contribution in [0.3, 0.4) is 0 Å². The van der Waals surface area contributed by atoms with Crippen LogP contribution in [0.1, 0.15) is 28.4 Å². The molecule has 1 aromatic rings. The number of hydrogen-bond acceptors (Lipinski definition) is 5. The highest BCUT2D eigenvalue weighted by atomic mass is 32.2. The zero-order valence-electron chi connectivity index (χ0n) is 10.2. The molecule has 0 N–H and O–H groups in total. The molecule has 6 heteroatoms. The third kappa shape index (κ3) is 2.13. The van der Waals surface area contributed by atoms with Crippen LogP contribution in [0.5, 0.6) is 0 Å². The van der Waals surface area contributed by atoms with Crippen molar-refractivity contribution in [3.63, 3.8) is 0 Å². The number of hydrogen-bond donors (Lipinski definition) is 0. The zero-order valence-corrected chi connectivity index (χ0v) is 11.0. The Morgan fingerprint density at radius 2 is 2.17 bits per heavy atom. The number of aryl methyl sites for hydroxylation is 1. The minimum absolute atomic E-state index is 0.173. The van der Waals surface area contributed by atoms with E-state index in [1.807, 2.05) is 6.92 Å². The lowest BCUT2D eigenvalue weighted by Crippen LogP contribution is -2.20. The molecule has 1 aliphatic heterocycles. The van der Waals surface area contributed by atoms with Crippen LogP contribution in [0.25, 0.3) is 0 Å². The highest BCUT2D eigenvalue weighted by Crippen LogP contribution is 2.27. The number of carbonyl (C=O) groups excluding carboxylic acids is 1. The molecule has 0 atom stereocenters. The number of ether oxygens (including phenoxy) is 2. The molecule has 0 fully saturated rings. The van der Waals surface area contributed by atoms with Gasteiger partial charge in [0.05, 0.1) is 24.2 Å². The van der Waals surface area contributed by atoms with Crippen LogP contribution >= 0.6 is 0 Å². The number of methoxy groups -OCH3 is 1. The Morgan fingerprint density at radius 3 is 2.78 bits per heavy atom. The summed E-state index contributed by atoms with van der Waals surface area (Å²) in [6, 6.07) is 3.11. The van der Waals surface area contributed by atoms with E-state index in [4.69, 9.17) is 4.74 Å². The predicted octanol–water partition coefficient (Wildman–Crippen LogP) is 1.30. The highest BCUT2D eigenvalue weighted by Gasteiger charge is 2.27. The number of sulfone groups is 1. The quantitative estimate of drug-likeness (QED) is 0.757. The second-order valence-corrected chi connectivity index (χ2v) is 5.95. The monoisotopic (exact) mass is 270 g/mol. The molecule has 0 aliphatic carbocycles. The first-order valence-corrected chi connectivity index (χ1v) is 7.19. The predicted molar refractivity (Wildman–Crippen MR) is 64.0 cm³/mol. The number of carbonyl (C=O) groups is 1. The SMILES string of the molecule is CCc1cc2c(cc1C(=O)OC)S(=O)(=O)COC2. The van der Waals surface area contributed by atoms with Gasteiger partial charge >= 0.3 is 5.97 Å². The van der Waals surface area contributed by atoms with Crippen LogP contribution in [-0.4, -0.2) is 27.4 Å². The Morgan fingerprint density at radius 1 is 1.44 bits per heavy atom. The van der Waals surface area contributed by atoms with E-state index in [0.717, 1.165) is 5.56 Å². The van der Waals surface area contributed by atoms with Crippen LogP contribution in [0.2, 0.25) is 0 Å². The van der Waals surface area contributed by atoms with Gasteiger partial charge in [0, 0.05) is 0 Å². The van der Waals surface area contributed by atoms with Gasteiger partial charge in [0.2, 0.25) is 9.84 Å². The molecule has 0 radical (unpaired) electrons. The van der Waals surface area contributed by atoms with Crippen LogP contribution in [-0.2, 0) is 32.3 Å². The van der Waals surface area contributed by atoms with Gasteiger partial charge in [-0.1, -0.05) is 13.0 Å². The molecule has 0 spiro atoms. The summed E-state index contributed by atoms with van der Waals surface area (Å²) in [5.74, 6) is -0.858. The molecular formula is C12H14O5S. The average Bonchev–Trinajstić information content (AvgIpc) is 2.36. The fourth-order valence-corrected chi connectivity index (χ4v) is 3.24. The van der Waals surface area contributed by atoms with Crippen LogP contribution < -0.4 is 0 Å². The molecule has 98 valence electrons. The lowest BCUT2D eigenvalue weighted by molar-refractivity contribution is 0.0599. The zero-order chi connectivity index (χ0) is 13.3. The maximum atomic E-state index is 11.9. The van der Waals surface area contributed by atoms with Crippen molar-refractivity contribution >= 4 is 15.8 Å². The fourth-order valence-electron chi connectivity index (χ4n) is 2.00. The fraction of sp³-hybridized carbons (Fsp3) is 0.417. The lowest BCUT2D eigenvalue weighted by Gasteiger charge is -2.19. The Hall–Kier alpha value is -1.40. The highest BCUT2D eigenvalue weighted by molar-refractivity contribution is 7.91. The van der Waals surface area contributed by atoms with Gasteiger partial charge in [0.15, 0.2) is 5.94 Å². The number of fused-ring (bicyclic) bond motifs is 1. The summed E-state index contributed by atoms with van der Waals surface area (Å²) < 4.78 is 33.4. The number of rotatable bonds is 2. The van der Waals surface area contributed by atoms with Crippen molar-refractivity contribution in [3.8, 4) is 0 Å². The van der Waals surface area contributed by atoms with Gasteiger partial charge in [-0.2, -0.15) is 0 Å². The van der Waals surface area contributed by atoms with Crippen LogP contribution in [0.15, 0.2) is 17.0 Å². The van der Waals surface area contributed by atoms with Crippen molar-refractivity contribution in [2.45, 2.75) is 24.8 Å². The lowest BCUT2D eigenvalue weighted by atomic mass is 10.0. The molecule has 1 aromatic carbocycles. The molecule has 0 saturated carbocycles. The Labute approximate surface area is 106 Å². The minimum Gasteiger partial charge on any atom is -0.465 e. The van der Waals surface area contributed by atoms with Gasteiger partial charge in [-0.3, -0.25) is 0 Å². The smallest absolute Gasteiger partial charge is 0.338 e. The van der Waals surface area contributed by atoms with Gasteiger partial charge in [0.1, 0.15) is 0 Å². The van der Waals surface area contributed by atoms with E-state index in [9.17, 15) is 13.2 Å². The van der Waals surface area contributed by atoms with Crippen molar-refractivity contribution < 1.29 is 22.7 Å². The minimum atomic E-state index is -3.46. The molecule has 1 aliphatic rings. The van der Waals surface area contributed by atoms with Crippen molar-refractivity contribution in [1.82, 2.24) is 0 Å². The molecule has 0 aromatic heterocycles. The molecule has 2 rings (SSSR count). The van der Waals surface area contributed by atoms with Gasteiger partial charge in [-0.05, 0) is 23.6 Å². The molecule has 0 bridgehead atoms. The molecule has 18 heavy (non-hydrogen) atoms. The standard InChI is InChI=1S/C12H14O5S/c1-3-8-4-9-6-17-7-18(14,15)11(9)5-10(8)12(13)16-2/h4-5H,3,6-7H2,1-2H3. The maximum absolute atomic E-state index is 11.9.